The second-order valence-corrected chi connectivity index (χ2v) is 8.24. The van der Waals surface area contributed by atoms with Gasteiger partial charge in [0.05, 0.1) is 4.90 Å². The van der Waals surface area contributed by atoms with Crippen molar-refractivity contribution in [2.75, 3.05) is 11.9 Å². The average Bonchev–Trinajstić information content (AvgIpc) is 2.57. The number of anilines is 1. The van der Waals surface area contributed by atoms with E-state index in [2.05, 4.69) is 10.0 Å². The molecule has 6 heteroatoms. The van der Waals surface area contributed by atoms with Gasteiger partial charge in [0.1, 0.15) is 0 Å². The predicted molar refractivity (Wildman–Crippen MR) is 100 cm³/mol. The van der Waals surface area contributed by atoms with E-state index < -0.39 is 10.0 Å². The van der Waals surface area contributed by atoms with Crippen LogP contribution in [0, 0.1) is 19.8 Å². The number of hydrogen-bond donors (Lipinski definition) is 2. The Morgan fingerprint density at radius 1 is 1.04 bits per heavy atom. The van der Waals surface area contributed by atoms with E-state index in [9.17, 15) is 13.2 Å². The molecular weight excluding hydrogens is 336 g/mol. The van der Waals surface area contributed by atoms with E-state index >= 15 is 0 Å². The van der Waals surface area contributed by atoms with E-state index in [4.69, 9.17) is 0 Å². The molecule has 0 fully saturated rings. The fourth-order valence-electron chi connectivity index (χ4n) is 2.23. The zero-order valence-corrected chi connectivity index (χ0v) is 15.8. The third-order valence-corrected chi connectivity index (χ3v) is 5.40. The highest BCUT2D eigenvalue weighted by molar-refractivity contribution is 7.89. The van der Waals surface area contributed by atoms with E-state index in [1.807, 2.05) is 45.9 Å². The van der Waals surface area contributed by atoms with Crippen LogP contribution < -0.4 is 10.0 Å². The van der Waals surface area contributed by atoms with Crippen LogP contribution >= 0.6 is 0 Å². The summed E-state index contributed by atoms with van der Waals surface area (Å²) in [6.45, 7) is 8.17. The van der Waals surface area contributed by atoms with Gasteiger partial charge in [0, 0.05) is 17.8 Å². The minimum absolute atomic E-state index is 0.149. The Balaban J connectivity index is 2.14. The number of rotatable bonds is 6. The molecule has 25 heavy (non-hydrogen) atoms. The second-order valence-electron chi connectivity index (χ2n) is 6.47. The van der Waals surface area contributed by atoms with Crippen molar-refractivity contribution in [3.63, 3.8) is 0 Å². The largest absolute Gasteiger partial charge is 0.322 e. The molecule has 0 aromatic heterocycles. The Morgan fingerprint density at radius 2 is 1.68 bits per heavy atom. The first-order chi connectivity index (χ1) is 11.7. The van der Waals surface area contributed by atoms with Gasteiger partial charge in [-0.05, 0) is 61.2 Å². The lowest BCUT2D eigenvalue weighted by atomic mass is 10.1. The summed E-state index contributed by atoms with van der Waals surface area (Å²) in [5, 5.41) is 2.86. The van der Waals surface area contributed by atoms with Gasteiger partial charge >= 0.3 is 0 Å². The summed E-state index contributed by atoms with van der Waals surface area (Å²) in [6.07, 6.45) is 0. The third kappa shape index (κ3) is 4.90. The average molecular weight is 360 g/mol. The zero-order valence-electron chi connectivity index (χ0n) is 15.0. The van der Waals surface area contributed by atoms with Crippen LogP contribution in [0.2, 0.25) is 0 Å². The summed E-state index contributed by atoms with van der Waals surface area (Å²) >= 11 is 0. The van der Waals surface area contributed by atoms with Crippen LogP contribution in [0.4, 0.5) is 5.69 Å². The molecule has 2 aromatic carbocycles. The number of hydrogen-bond acceptors (Lipinski definition) is 3. The molecule has 0 radical (unpaired) electrons. The monoisotopic (exact) mass is 360 g/mol. The van der Waals surface area contributed by atoms with E-state index in [-0.39, 0.29) is 16.7 Å². The molecule has 134 valence electrons. The molecule has 0 saturated heterocycles. The van der Waals surface area contributed by atoms with Gasteiger partial charge < -0.3 is 5.32 Å². The number of aryl methyl sites for hydroxylation is 1. The van der Waals surface area contributed by atoms with E-state index in [1.54, 1.807) is 0 Å². The number of carbonyl (C=O) groups excluding carboxylic acids is 1. The SMILES string of the molecule is Cc1cccc(NC(=O)c2ccc(S(=O)(=O)NCC(C)C)cc2)c1C. The first-order valence-corrected chi connectivity index (χ1v) is 9.66. The van der Waals surface area contributed by atoms with Crippen LogP contribution in [-0.4, -0.2) is 20.9 Å². The molecular formula is C19H24N2O3S. The summed E-state index contributed by atoms with van der Waals surface area (Å²) in [5.41, 5.74) is 3.26. The van der Waals surface area contributed by atoms with Crippen molar-refractivity contribution in [3.8, 4) is 0 Å². The minimum atomic E-state index is -3.55. The molecule has 0 bridgehead atoms. The van der Waals surface area contributed by atoms with Gasteiger partial charge in [-0.25, -0.2) is 13.1 Å². The van der Waals surface area contributed by atoms with Crippen LogP contribution in [-0.2, 0) is 10.0 Å². The lowest BCUT2D eigenvalue weighted by Gasteiger charge is -2.11. The van der Waals surface area contributed by atoms with Crippen molar-refractivity contribution in [1.29, 1.82) is 0 Å². The molecule has 0 spiro atoms. The molecule has 0 aliphatic heterocycles. The predicted octanol–water partition coefficient (Wildman–Crippen LogP) is 3.49. The van der Waals surface area contributed by atoms with Crippen LogP contribution in [0.25, 0.3) is 0 Å². The topological polar surface area (TPSA) is 75.3 Å². The van der Waals surface area contributed by atoms with Gasteiger partial charge in [0.15, 0.2) is 0 Å². The summed E-state index contributed by atoms with van der Waals surface area (Å²) < 4.78 is 26.9. The smallest absolute Gasteiger partial charge is 0.255 e. The van der Waals surface area contributed by atoms with Gasteiger partial charge in [0.2, 0.25) is 10.0 Å². The lowest BCUT2D eigenvalue weighted by molar-refractivity contribution is 0.102. The van der Waals surface area contributed by atoms with E-state index in [0.29, 0.717) is 12.1 Å². The Kier molecular flexibility index (Phi) is 5.98. The first-order valence-electron chi connectivity index (χ1n) is 8.18. The third-order valence-electron chi connectivity index (χ3n) is 3.96. The van der Waals surface area contributed by atoms with Crippen molar-refractivity contribution >= 4 is 21.6 Å². The molecule has 0 unspecified atom stereocenters. The van der Waals surface area contributed by atoms with Crippen molar-refractivity contribution < 1.29 is 13.2 Å². The molecule has 0 atom stereocenters. The summed E-state index contributed by atoms with van der Waals surface area (Å²) in [4.78, 5) is 12.5. The van der Waals surface area contributed by atoms with Crippen LogP contribution in [0.5, 0.6) is 0 Å². The fourth-order valence-corrected chi connectivity index (χ4v) is 3.44. The Bertz CT molecular complexity index is 857. The zero-order chi connectivity index (χ0) is 18.6. The maximum atomic E-state index is 12.4. The highest BCUT2D eigenvalue weighted by Gasteiger charge is 2.15. The van der Waals surface area contributed by atoms with Gasteiger partial charge in [-0.15, -0.1) is 0 Å². The maximum Gasteiger partial charge on any atom is 0.255 e. The van der Waals surface area contributed by atoms with E-state index in [1.165, 1.54) is 24.3 Å². The van der Waals surface area contributed by atoms with Gasteiger partial charge in [0.25, 0.3) is 5.91 Å². The number of benzene rings is 2. The number of carbonyl (C=O) groups is 1. The normalized spacial score (nSPS) is 11.6. The Labute approximate surface area is 149 Å². The molecule has 0 heterocycles. The minimum Gasteiger partial charge on any atom is -0.322 e. The molecule has 0 saturated carbocycles. The van der Waals surface area contributed by atoms with Crippen molar-refractivity contribution in [3.05, 3.63) is 59.2 Å². The molecule has 5 nitrogen and oxygen atoms in total. The highest BCUT2D eigenvalue weighted by Crippen LogP contribution is 2.19. The number of amides is 1. The second kappa shape index (κ2) is 7.80. The van der Waals surface area contributed by atoms with Gasteiger partial charge in [-0.3, -0.25) is 4.79 Å². The maximum absolute atomic E-state index is 12.4. The summed E-state index contributed by atoms with van der Waals surface area (Å²) in [7, 11) is -3.55. The molecule has 2 rings (SSSR count). The summed E-state index contributed by atoms with van der Waals surface area (Å²) in [6, 6.07) is 11.6. The summed E-state index contributed by atoms with van der Waals surface area (Å²) in [5.74, 6) is -0.0508. The Morgan fingerprint density at radius 3 is 2.28 bits per heavy atom. The van der Waals surface area contributed by atoms with Crippen molar-refractivity contribution in [2.24, 2.45) is 5.92 Å². The quantitative estimate of drug-likeness (QED) is 0.828. The standard InChI is InChI=1S/C19H24N2O3S/c1-13(2)12-20-25(23,24)17-10-8-16(9-11-17)19(22)21-18-7-5-6-14(3)15(18)4/h5-11,13,20H,12H2,1-4H3,(H,21,22). The highest BCUT2D eigenvalue weighted by atomic mass is 32.2. The van der Waals surface area contributed by atoms with E-state index in [0.717, 1.165) is 16.8 Å². The van der Waals surface area contributed by atoms with Crippen LogP contribution in [0.1, 0.15) is 35.3 Å². The van der Waals surface area contributed by atoms with Crippen LogP contribution in [0.15, 0.2) is 47.4 Å². The molecule has 0 aliphatic rings. The number of sulfonamides is 1. The van der Waals surface area contributed by atoms with Gasteiger partial charge in [-0.1, -0.05) is 26.0 Å². The molecule has 2 aromatic rings. The lowest BCUT2D eigenvalue weighted by Crippen LogP contribution is -2.27. The number of nitrogens with one attached hydrogen (secondary N) is 2. The van der Waals surface area contributed by atoms with Crippen molar-refractivity contribution in [2.45, 2.75) is 32.6 Å². The Hall–Kier alpha value is -2.18. The van der Waals surface area contributed by atoms with Crippen molar-refractivity contribution in [1.82, 2.24) is 4.72 Å². The molecule has 1 amide bonds. The van der Waals surface area contributed by atoms with Crippen LogP contribution in [0.3, 0.4) is 0 Å². The molecule has 0 aliphatic carbocycles. The fraction of sp³-hybridized carbons (Fsp3) is 0.316. The first kappa shape index (κ1) is 19.1. The van der Waals surface area contributed by atoms with Gasteiger partial charge in [-0.2, -0.15) is 0 Å². The molecule has 2 N–H and O–H groups in total.